The topological polar surface area (TPSA) is 49.4 Å². The lowest BCUT2D eigenvalue weighted by molar-refractivity contribution is -0.115. The smallest absolute Gasteiger partial charge is 0.243 e. The van der Waals surface area contributed by atoms with Crippen molar-refractivity contribution in [2.24, 2.45) is 0 Å². The Bertz CT molecular complexity index is 753. The molecule has 1 amide bonds. The van der Waals surface area contributed by atoms with Gasteiger partial charge in [-0.05, 0) is 51.5 Å². The average molecular weight is 324 g/mol. The van der Waals surface area contributed by atoms with E-state index in [0.29, 0.717) is 11.3 Å². The number of likely N-dealkylation sites (N-methyl/N-ethyl adjacent to an activating group) is 1. The summed E-state index contributed by atoms with van der Waals surface area (Å²) in [4.78, 5) is 26.1. The van der Waals surface area contributed by atoms with Crippen molar-refractivity contribution in [3.8, 4) is 0 Å². The van der Waals surface area contributed by atoms with E-state index in [0.717, 1.165) is 17.8 Å². The molecule has 2 aromatic rings. The van der Waals surface area contributed by atoms with E-state index in [9.17, 15) is 9.59 Å². The number of ketones is 1. The van der Waals surface area contributed by atoms with Crippen molar-refractivity contribution in [2.45, 2.75) is 27.7 Å². The molecule has 0 unspecified atom stereocenters. The predicted molar refractivity (Wildman–Crippen MR) is 98.9 cm³/mol. The number of nitrogens with one attached hydrogen (secondary N) is 1. The van der Waals surface area contributed by atoms with E-state index in [1.165, 1.54) is 12.5 Å². The molecule has 0 aromatic heterocycles. The maximum atomic E-state index is 12.4. The first-order valence-electron chi connectivity index (χ1n) is 8.14. The minimum Gasteiger partial charge on any atom is -0.362 e. The molecule has 0 saturated heterocycles. The van der Waals surface area contributed by atoms with Crippen molar-refractivity contribution in [3.63, 3.8) is 0 Å². The van der Waals surface area contributed by atoms with Crippen LogP contribution in [0.3, 0.4) is 0 Å². The minimum atomic E-state index is -0.134. The summed E-state index contributed by atoms with van der Waals surface area (Å²) in [5.41, 5.74) is 4.49. The largest absolute Gasteiger partial charge is 0.362 e. The molecule has 24 heavy (non-hydrogen) atoms. The molecule has 0 heterocycles. The summed E-state index contributed by atoms with van der Waals surface area (Å²) >= 11 is 0. The molecule has 0 atom stereocenters. The molecule has 0 fully saturated rings. The van der Waals surface area contributed by atoms with Gasteiger partial charge in [0.05, 0.1) is 12.2 Å². The molecule has 4 nitrogen and oxygen atoms in total. The Morgan fingerprint density at radius 1 is 1.08 bits per heavy atom. The Labute approximate surface area is 143 Å². The van der Waals surface area contributed by atoms with Crippen molar-refractivity contribution in [2.75, 3.05) is 23.3 Å². The molecular formula is C20H24N2O2. The zero-order chi connectivity index (χ0) is 17.7. The number of Topliss-reactive ketones (excluding diaryl/α,β-unsaturated/α-hetero) is 1. The predicted octanol–water partition coefficient (Wildman–Crippen LogP) is 3.97. The summed E-state index contributed by atoms with van der Waals surface area (Å²) in [6.45, 7) is 8.60. The van der Waals surface area contributed by atoms with Gasteiger partial charge in [-0.2, -0.15) is 0 Å². The van der Waals surface area contributed by atoms with Crippen molar-refractivity contribution < 1.29 is 9.59 Å². The maximum absolute atomic E-state index is 12.4. The van der Waals surface area contributed by atoms with Gasteiger partial charge < -0.3 is 10.2 Å². The first kappa shape index (κ1) is 17.7. The fourth-order valence-corrected chi connectivity index (χ4v) is 2.79. The number of carbonyl (C=O) groups is 2. The number of aryl methyl sites for hydroxylation is 2. The van der Waals surface area contributed by atoms with Crippen LogP contribution in [0.5, 0.6) is 0 Å². The molecule has 0 spiro atoms. The van der Waals surface area contributed by atoms with Gasteiger partial charge in [0.1, 0.15) is 0 Å². The molecule has 2 aromatic carbocycles. The second kappa shape index (κ2) is 7.77. The summed E-state index contributed by atoms with van der Waals surface area (Å²) in [6.07, 6.45) is 0. The van der Waals surface area contributed by atoms with Gasteiger partial charge in [-0.3, -0.25) is 9.59 Å². The number of nitrogens with zero attached hydrogens (tertiary/aromatic N) is 1. The summed E-state index contributed by atoms with van der Waals surface area (Å²) < 4.78 is 0. The van der Waals surface area contributed by atoms with Gasteiger partial charge in [0.15, 0.2) is 5.78 Å². The summed E-state index contributed by atoms with van der Waals surface area (Å²) in [6, 6.07) is 13.3. The van der Waals surface area contributed by atoms with E-state index < -0.39 is 0 Å². The van der Waals surface area contributed by atoms with E-state index >= 15 is 0 Å². The number of benzene rings is 2. The minimum absolute atomic E-state index is 0.0624. The van der Waals surface area contributed by atoms with Gasteiger partial charge in [-0.15, -0.1) is 0 Å². The Hall–Kier alpha value is -2.62. The zero-order valence-corrected chi connectivity index (χ0v) is 14.7. The number of anilines is 2. The molecule has 0 radical (unpaired) electrons. The standard InChI is InChI=1S/C20H24N2O2/c1-5-22(19-11-10-14(2)12-15(19)3)13-20(24)21-18-9-7-6-8-17(18)16(4)23/h6-12H,5,13H2,1-4H3,(H,21,24). The number of hydrogen-bond donors (Lipinski definition) is 1. The Morgan fingerprint density at radius 2 is 1.79 bits per heavy atom. The molecule has 126 valence electrons. The lowest BCUT2D eigenvalue weighted by atomic mass is 10.1. The summed E-state index contributed by atoms with van der Waals surface area (Å²) in [7, 11) is 0. The van der Waals surface area contributed by atoms with Crippen LogP contribution in [0.25, 0.3) is 0 Å². The number of amides is 1. The van der Waals surface area contributed by atoms with Crippen molar-refractivity contribution in [3.05, 3.63) is 59.2 Å². The fraction of sp³-hybridized carbons (Fsp3) is 0.300. The fourth-order valence-electron chi connectivity index (χ4n) is 2.79. The zero-order valence-electron chi connectivity index (χ0n) is 14.7. The second-order valence-electron chi connectivity index (χ2n) is 5.95. The molecule has 4 heteroatoms. The third-order valence-corrected chi connectivity index (χ3v) is 3.99. The second-order valence-corrected chi connectivity index (χ2v) is 5.95. The van der Waals surface area contributed by atoms with Gasteiger partial charge in [0.25, 0.3) is 0 Å². The Kier molecular flexibility index (Phi) is 5.74. The number of rotatable bonds is 6. The monoisotopic (exact) mass is 324 g/mol. The van der Waals surface area contributed by atoms with Crippen LogP contribution in [-0.4, -0.2) is 24.8 Å². The van der Waals surface area contributed by atoms with Gasteiger partial charge >= 0.3 is 0 Å². The van der Waals surface area contributed by atoms with Crippen molar-refractivity contribution in [1.82, 2.24) is 0 Å². The number of carbonyl (C=O) groups excluding carboxylic acids is 2. The molecule has 1 N–H and O–H groups in total. The highest BCUT2D eigenvalue weighted by atomic mass is 16.2. The van der Waals surface area contributed by atoms with Gasteiger partial charge in [-0.25, -0.2) is 0 Å². The Balaban J connectivity index is 2.14. The average Bonchev–Trinajstić information content (AvgIpc) is 2.53. The molecule has 2 rings (SSSR count). The van der Waals surface area contributed by atoms with Crippen LogP contribution >= 0.6 is 0 Å². The normalized spacial score (nSPS) is 10.3. The highest BCUT2D eigenvalue weighted by Gasteiger charge is 2.14. The van der Waals surface area contributed by atoms with Crippen LogP contribution in [0.15, 0.2) is 42.5 Å². The van der Waals surface area contributed by atoms with E-state index in [-0.39, 0.29) is 18.2 Å². The van der Waals surface area contributed by atoms with E-state index in [1.54, 1.807) is 18.2 Å². The van der Waals surface area contributed by atoms with Gasteiger partial charge in [-0.1, -0.05) is 29.8 Å². The molecule has 0 aliphatic heterocycles. The molecule has 0 aliphatic rings. The maximum Gasteiger partial charge on any atom is 0.243 e. The Morgan fingerprint density at radius 3 is 2.42 bits per heavy atom. The lowest BCUT2D eigenvalue weighted by Gasteiger charge is -2.24. The van der Waals surface area contributed by atoms with Crippen LogP contribution in [-0.2, 0) is 4.79 Å². The SMILES string of the molecule is CCN(CC(=O)Nc1ccccc1C(C)=O)c1ccc(C)cc1C. The van der Waals surface area contributed by atoms with Gasteiger partial charge in [0, 0.05) is 17.8 Å². The highest BCUT2D eigenvalue weighted by Crippen LogP contribution is 2.21. The van der Waals surface area contributed by atoms with Crippen molar-refractivity contribution >= 4 is 23.1 Å². The molecule has 0 saturated carbocycles. The van der Waals surface area contributed by atoms with Crippen LogP contribution < -0.4 is 10.2 Å². The quantitative estimate of drug-likeness (QED) is 0.818. The van der Waals surface area contributed by atoms with Crippen LogP contribution in [0.2, 0.25) is 0 Å². The number of hydrogen-bond acceptors (Lipinski definition) is 3. The van der Waals surface area contributed by atoms with Gasteiger partial charge in [0.2, 0.25) is 5.91 Å². The first-order chi connectivity index (χ1) is 11.4. The van der Waals surface area contributed by atoms with E-state index in [2.05, 4.69) is 18.3 Å². The van der Waals surface area contributed by atoms with E-state index in [4.69, 9.17) is 0 Å². The molecule has 0 aliphatic carbocycles. The summed E-state index contributed by atoms with van der Waals surface area (Å²) in [5, 5.41) is 2.86. The highest BCUT2D eigenvalue weighted by molar-refractivity contribution is 6.04. The lowest BCUT2D eigenvalue weighted by Crippen LogP contribution is -2.33. The third-order valence-electron chi connectivity index (χ3n) is 3.99. The van der Waals surface area contributed by atoms with E-state index in [1.807, 2.05) is 36.9 Å². The van der Waals surface area contributed by atoms with Crippen LogP contribution in [0.1, 0.15) is 35.3 Å². The van der Waals surface area contributed by atoms with Crippen LogP contribution in [0.4, 0.5) is 11.4 Å². The third kappa shape index (κ3) is 4.22. The molecule has 0 bridgehead atoms. The van der Waals surface area contributed by atoms with Crippen molar-refractivity contribution in [1.29, 1.82) is 0 Å². The number of para-hydroxylation sites is 1. The summed E-state index contributed by atoms with van der Waals surface area (Å²) in [5.74, 6) is -0.196. The molecular weight excluding hydrogens is 300 g/mol. The first-order valence-corrected chi connectivity index (χ1v) is 8.14. The van der Waals surface area contributed by atoms with Crippen LogP contribution in [0, 0.1) is 13.8 Å².